The Hall–Kier alpha value is -2.86. The fourth-order valence-corrected chi connectivity index (χ4v) is 3.28. The minimum Gasteiger partial charge on any atom is -0.496 e. The molecule has 2 amide bonds. The first-order valence-corrected chi connectivity index (χ1v) is 8.94. The number of fused-ring (bicyclic) bond motifs is 1. The van der Waals surface area contributed by atoms with Crippen LogP contribution in [0.15, 0.2) is 42.5 Å². The van der Waals surface area contributed by atoms with Crippen LogP contribution in [0.2, 0.25) is 0 Å². The number of methoxy groups -OCH3 is 1. The molecule has 3 rings (SSSR count). The van der Waals surface area contributed by atoms with Crippen molar-refractivity contribution < 1.29 is 14.3 Å². The number of amides is 2. The van der Waals surface area contributed by atoms with Crippen LogP contribution in [0.3, 0.4) is 0 Å². The minimum atomic E-state index is -0.394. The van der Waals surface area contributed by atoms with Gasteiger partial charge in [0, 0.05) is 12.1 Å². The lowest BCUT2D eigenvalue weighted by Crippen LogP contribution is -2.50. The molecule has 0 radical (unpaired) electrons. The van der Waals surface area contributed by atoms with E-state index in [1.165, 1.54) is 0 Å². The minimum absolute atomic E-state index is 0.0296. The van der Waals surface area contributed by atoms with Gasteiger partial charge in [0.05, 0.1) is 24.5 Å². The Kier molecular flexibility index (Phi) is 5.46. The summed E-state index contributed by atoms with van der Waals surface area (Å²) in [6.45, 7) is 4.49. The number of nitrogens with zero attached hydrogens (tertiary/aromatic N) is 2. The maximum Gasteiger partial charge on any atom is 0.244 e. The normalized spacial score (nSPS) is 14.6. The van der Waals surface area contributed by atoms with Gasteiger partial charge in [-0.2, -0.15) is 0 Å². The highest BCUT2D eigenvalue weighted by Gasteiger charge is 2.31. The summed E-state index contributed by atoms with van der Waals surface area (Å²) >= 11 is 0. The molecule has 0 saturated carbocycles. The third-order valence-electron chi connectivity index (χ3n) is 4.91. The van der Waals surface area contributed by atoms with Gasteiger partial charge in [-0.25, -0.2) is 0 Å². The molecule has 0 bridgehead atoms. The number of carbonyl (C=O) groups is 2. The predicted octanol–water partition coefficient (Wildman–Crippen LogP) is 2.81. The van der Waals surface area contributed by atoms with Crippen molar-refractivity contribution in [3.05, 3.63) is 53.6 Å². The Morgan fingerprint density at radius 3 is 2.78 bits per heavy atom. The SMILES string of the molecule is COc1ccc(C)cc1CN(C)[C@H](C)C(=O)N1CC(=O)Nc2ccccc21. The summed E-state index contributed by atoms with van der Waals surface area (Å²) in [5.41, 5.74) is 3.56. The van der Waals surface area contributed by atoms with Crippen molar-refractivity contribution in [2.24, 2.45) is 0 Å². The van der Waals surface area contributed by atoms with E-state index in [0.29, 0.717) is 12.2 Å². The molecule has 0 saturated heterocycles. The fraction of sp³-hybridized carbons (Fsp3) is 0.333. The highest BCUT2D eigenvalue weighted by atomic mass is 16.5. The average Bonchev–Trinajstić information content (AvgIpc) is 2.66. The molecule has 0 aromatic heterocycles. The monoisotopic (exact) mass is 367 g/mol. The maximum absolute atomic E-state index is 13.1. The number of aryl methyl sites for hydroxylation is 1. The number of likely N-dealkylation sites (N-methyl/N-ethyl adjacent to an activating group) is 1. The molecule has 27 heavy (non-hydrogen) atoms. The van der Waals surface area contributed by atoms with Gasteiger partial charge in [-0.15, -0.1) is 0 Å². The lowest BCUT2D eigenvalue weighted by atomic mass is 10.1. The highest BCUT2D eigenvalue weighted by Crippen LogP contribution is 2.30. The Morgan fingerprint density at radius 1 is 1.30 bits per heavy atom. The first-order chi connectivity index (χ1) is 12.9. The van der Waals surface area contributed by atoms with E-state index in [9.17, 15) is 9.59 Å². The van der Waals surface area contributed by atoms with Gasteiger partial charge in [0.1, 0.15) is 12.3 Å². The van der Waals surface area contributed by atoms with Crippen molar-refractivity contribution in [3.8, 4) is 5.75 Å². The Balaban J connectivity index is 1.79. The zero-order valence-corrected chi connectivity index (χ0v) is 16.2. The molecule has 6 nitrogen and oxygen atoms in total. The van der Waals surface area contributed by atoms with Gasteiger partial charge in [-0.3, -0.25) is 19.4 Å². The quantitative estimate of drug-likeness (QED) is 0.883. The lowest BCUT2D eigenvalue weighted by molar-refractivity contribution is -0.125. The van der Waals surface area contributed by atoms with Crippen LogP contribution in [0.1, 0.15) is 18.1 Å². The zero-order valence-electron chi connectivity index (χ0n) is 16.2. The van der Waals surface area contributed by atoms with Gasteiger partial charge in [-0.05, 0) is 39.1 Å². The topological polar surface area (TPSA) is 61.9 Å². The summed E-state index contributed by atoms with van der Waals surface area (Å²) in [5, 5.41) is 2.81. The van der Waals surface area contributed by atoms with Gasteiger partial charge in [0.25, 0.3) is 0 Å². The molecule has 1 atom stereocenters. The van der Waals surface area contributed by atoms with E-state index in [1.54, 1.807) is 18.1 Å². The second-order valence-electron chi connectivity index (χ2n) is 6.90. The molecular weight excluding hydrogens is 342 g/mol. The fourth-order valence-electron chi connectivity index (χ4n) is 3.28. The molecule has 6 heteroatoms. The number of hydrogen-bond donors (Lipinski definition) is 1. The molecule has 0 fully saturated rings. The van der Waals surface area contributed by atoms with Gasteiger partial charge in [0.2, 0.25) is 11.8 Å². The molecule has 1 aliphatic rings. The van der Waals surface area contributed by atoms with Gasteiger partial charge in [-0.1, -0.05) is 29.8 Å². The second-order valence-corrected chi connectivity index (χ2v) is 6.90. The molecule has 142 valence electrons. The summed E-state index contributed by atoms with van der Waals surface area (Å²) in [6, 6.07) is 13.0. The Labute approximate surface area is 159 Å². The van der Waals surface area contributed by atoms with E-state index in [1.807, 2.05) is 56.1 Å². The number of hydrogen-bond acceptors (Lipinski definition) is 4. The average molecular weight is 367 g/mol. The van der Waals surface area contributed by atoms with Crippen LogP contribution >= 0.6 is 0 Å². The molecule has 0 spiro atoms. The van der Waals surface area contributed by atoms with E-state index in [0.717, 1.165) is 22.6 Å². The number of benzene rings is 2. The summed E-state index contributed by atoms with van der Waals surface area (Å²) in [5.74, 6) is 0.512. The summed E-state index contributed by atoms with van der Waals surface area (Å²) in [4.78, 5) is 28.7. The van der Waals surface area contributed by atoms with Crippen LogP contribution < -0.4 is 15.0 Å². The van der Waals surface area contributed by atoms with Crippen molar-refractivity contribution in [1.82, 2.24) is 4.90 Å². The van der Waals surface area contributed by atoms with Crippen molar-refractivity contribution in [2.45, 2.75) is 26.4 Å². The third-order valence-corrected chi connectivity index (χ3v) is 4.91. The van der Waals surface area contributed by atoms with E-state index >= 15 is 0 Å². The summed E-state index contributed by atoms with van der Waals surface area (Å²) in [7, 11) is 3.55. The van der Waals surface area contributed by atoms with Gasteiger partial charge in [0.15, 0.2) is 0 Å². The van der Waals surface area contributed by atoms with E-state index in [-0.39, 0.29) is 18.4 Å². The van der Waals surface area contributed by atoms with Crippen LogP contribution in [0.25, 0.3) is 0 Å². The van der Waals surface area contributed by atoms with E-state index in [2.05, 4.69) is 11.4 Å². The number of rotatable bonds is 5. The van der Waals surface area contributed by atoms with Gasteiger partial charge < -0.3 is 10.1 Å². The first-order valence-electron chi connectivity index (χ1n) is 8.94. The van der Waals surface area contributed by atoms with Crippen LogP contribution in [-0.4, -0.2) is 43.5 Å². The number of nitrogens with one attached hydrogen (secondary N) is 1. The van der Waals surface area contributed by atoms with E-state index in [4.69, 9.17) is 4.74 Å². The molecule has 1 aliphatic heterocycles. The number of para-hydroxylation sites is 2. The lowest BCUT2D eigenvalue weighted by Gasteiger charge is -2.34. The second kappa shape index (κ2) is 7.80. The molecule has 1 heterocycles. The Morgan fingerprint density at radius 2 is 2.04 bits per heavy atom. The van der Waals surface area contributed by atoms with Crippen molar-refractivity contribution in [3.63, 3.8) is 0 Å². The van der Waals surface area contributed by atoms with E-state index < -0.39 is 6.04 Å². The summed E-state index contributed by atoms with van der Waals surface area (Å²) < 4.78 is 5.44. The molecule has 0 aliphatic carbocycles. The largest absolute Gasteiger partial charge is 0.496 e. The summed E-state index contributed by atoms with van der Waals surface area (Å²) in [6.07, 6.45) is 0. The number of carbonyl (C=O) groups excluding carboxylic acids is 2. The number of anilines is 2. The molecule has 1 N–H and O–H groups in total. The van der Waals surface area contributed by atoms with Crippen molar-refractivity contribution in [2.75, 3.05) is 30.9 Å². The van der Waals surface area contributed by atoms with Crippen LogP contribution in [0.4, 0.5) is 11.4 Å². The van der Waals surface area contributed by atoms with Crippen LogP contribution in [0, 0.1) is 6.92 Å². The number of ether oxygens (including phenoxy) is 1. The first kappa shape index (κ1) is 18.9. The maximum atomic E-state index is 13.1. The molecule has 2 aromatic rings. The molecular formula is C21H25N3O3. The van der Waals surface area contributed by atoms with Crippen LogP contribution in [-0.2, 0) is 16.1 Å². The Bertz CT molecular complexity index is 866. The highest BCUT2D eigenvalue weighted by molar-refractivity contribution is 6.11. The standard InChI is InChI=1S/C21H25N3O3/c1-14-9-10-19(27-4)16(11-14)12-23(3)15(2)21(26)24-13-20(25)22-17-7-5-6-8-18(17)24/h5-11,15H,12-13H2,1-4H3,(H,22,25)/t15-/m1/s1. The van der Waals surface area contributed by atoms with Crippen molar-refractivity contribution >= 4 is 23.2 Å². The predicted molar refractivity (Wildman–Crippen MR) is 106 cm³/mol. The van der Waals surface area contributed by atoms with Crippen molar-refractivity contribution in [1.29, 1.82) is 0 Å². The van der Waals surface area contributed by atoms with Crippen LogP contribution in [0.5, 0.6) is 5.75 Å². The smallest absolute Gasteiger partial charge is 0.244 e. The molecule has 0 unspecified atom stereocenters. The molecule has 2 aromatic carbocycles. The zero-order chi connectivity index (χ0) is 19.6. The van der Waals surface area contributed by atoms with Gasteiger partial charge >= 0.3 is 0 Å². The third kappa shape index (κ3) is 3.95.